The molecule has 0 radical (unpaired) electrons. The monoisotopic (exact) mass is 541 g/mol. The number of nitrogens with zero attached hydrogens (tertiary/aromatic N) is 2. The van der Waals surface area contributed by atoms with Crippen LogP contribution in [0.25, 0.3) is 0 Å². The summed E-state index contributed by atoms with van der Waals surface area (Å²) in [5, 5.41) is 10.3. The Hall–Kier alpha value is -4.01. The van der Waals surface area contributed by atoms with Crippen LogP contribution in [0.3, 0.4) is 0 Å². The van der Waals surface area contributed by atoms with Crippen molar-refractivity contribution < 1.29 is 19.1 Å². The molecule has 1 aliphatic rings. The number of carbonyl (C=O) groups is 1. The molecule has 4 aromatic rings. The summed E-state index contributed by atoms with van der Waals surface area (Å²) in [7, 11) is 0. The van der Waals surface area contributed by atoms with Crippen LogP contribution in [0.2, 0.25) is 0 Å². The predicted molar refractivity (Wildman–Crippen MR) is 153 cm³/mol. The molecule has 0 amide bonds. The molecule has 1 unspecified atom stereocenters. The second-order valence-corrected chi connectivity index (χ2v) is 9.93. The van der Waals surface area contributed by atoms with E-state index < -0.39 is 17.8 Å². The normalized spacial score (nSPS) is 15.9. The Morgan fingerprint density at radius 3 is 2.08 bits per heavy atom. The molecule has 1 atom stereocenters. The zero-order valence-corrected chi connectivity index (χ0v) is 22.6. The number of aromatic nitrogens is 1. The summed E-state index contributed by atoms with van der Waals surface area (Å²) in [6.07, 6.45) is 2.21. The molecule has 0 aliphatic carbocycles. The lowest BCUT2D eigenvalue weighted by atomic mass is 9.77. The minimum Gasteiger partial charge on any atom is -0.461 e. The average molecular weight is 542 g/mol. The molecule has 39 heavy (non-hydrogen) atoms. The van der Waals surface area contributed by atoms with Crippen molar-refractivity contribution in [2.45, 2.75) is 38.0 Å². The van der Waals surface area contributed by atoms with Gasteiger partial charge in [0.2, 0.25) is 12.0 Å². The minimum absolute atomic E-state index is 0.0139. The summed E-state index contributed by atoms with van der Waals surface area (Å²) < 4.78 is 10.9. The van der Waals surface area contributed by atoms with E-state index >= 15 is 0 Å². The first-order valence-corrected chi connectivity index (χ1v) is 14.0. The standard InChI is InChI=1S/C31H31N3O4S/c1-2-36-29(35)28(34-38-27-20-12-13-21-37-27)26-22-39-30(32-26)33-31(23-14-6-3-7-15-23,24-16-8-4-9-17-24)25-18-10-5-11-19-25/h3-11,14-19,22,27H,2,12-13,20-21H2,1H3,(H,32,33). The van der Waals surface area contributed by atoms with E-state index in [1.165, 1.54) is 11.3 Å². The molecule has 3 aromatic carbocycles. The quantitative estimate of drug-likeness (QED) is 0.109. The van der Waals surface area contributed by atoms with E-state index in [1.54, 1.807) is 12.3 Å². The van der Waals surface area contributed by atoms with Crippen molar-refractivity contribution >= 4 is 28.1 Å². The fourth-order valence-corrected chi connectivity index (χ4v) is 5.43. The number of anilines is 1. The van der Waals surface area contributed by atoms with Gasteiger partial charge in [0, 0.05) is 11.8 Å². The van der Waals surface area contributed by atoms with Crippen LogP contribution in [0.15, 0.2) is 102 Å². The molecule has 5 rings (SSSR count). The maximum absolute atomic E-state index is 12.8. The summed E-state index contributed by atoms with van der Waals surface area (Å²) in [5.74, 6) is -0.592. The smallest absolute Gasteiger partial charge is 0.362 e. The highest BCUT2D eigenvalue weighted by molar-refractivity contribution is 7.14. The van der Waals surface area contributed by atoms with Crippen molar-refractivity contribution in [2.75, 3.05) is 18.5 Å². The number of esters is 1. The zero-order chi connectivity index (χ0) is 26.9. The van der Waals surface area contributed by atoms with Gasteiger partial charge in [0.05, 0.1) is 13.2 Å². The van der Waals surface area contributed by atoms with E-state index in [1.807, 2.05) is 54.6 Å². The van der Waals surface area contributed by atoms with Crippen molar-refractivity contribution in [2.24, 2.45) is 5.16 Å². The molecule has 1 N–H and O–H groups in total. The number of thiazole rings is 1. The molecule has 1 aromatic heterocycles. The second-order valence-electron chi connectivity index (χ2n) is 9.07. The molecule has 7 nitrogen and oxygen atoms in total. The SMILES string of the molecule is CCOC(=O)C(=NOC1CCCCO1)c1csc(NC(c2ccccc2)(c2ccccc2)c2ccccc2)n1. The lowest BCUT2D eigenvalue weighted by molar-refractivity contribution is -0.163. The Bertz CT molecular complexity index is 1270. The number of hydrogen-bond donors (Lipinski definition) is 1. The first kappa shape index (κ1) is 26.6. The molecule has 1 aliphatic heterocycles. The molecule has 0 bridgehead atoms. The van der Waals surface area contributed by atoms with E-state index in [9.17, 15) is 4.79 Å². The van der Waals surface area contributed by atoms with Crippen molar-refractivity contribution in [3.8, 4) is 0 Å². The van der Waals surface area contributed by atoms with Gasteiger partial charge >= 0.3 is 5.97 Å². The molecule has 8 heteroatoms. The van der Waals surface area contributed by atoms with E-state index in [4.69, 9.17) is 19.3 Å². The average Bonchev–Trinajstić information content (AvgIpc) is 3.46. The van der Waals surface area contributed by atoms with E-state index in [0.29, 0.717) is 17.4 Å². The largest absolute Gasteiger partial charge is 0.461 e. The maximum Gasteiger partial charge on any atom is 0.362 e. The van der Waals surface area contributed by atoms with Gasteiger partial charge in [0.1, 0.15) is 11.2 Å². The Balaban J connectivity index is 1.55. The van der Waals surface area contributed by atoms with E-state index in [0.717, 1.165) is 36.0 Å². The highest BCUT2D eigenvalue weighted by Gasteiger charge is 2.37. The summed E-state index contributed by atoms with van der Waals surface area (Å²) in [5.41, 5.74) is 2.80. The van der Waals surface area contributed by atoms with Gasteiger partial charge in [-0.25, -0.2) is 9.78 Å². The third-order valence-corrected chi connectivity index (χ3v) is 7.29. The topological polar surface area (TPSA) is 82.0 Å². The lowest BCUT2D eigenvalue weighted by Gasteiger charge is -2.36. The van der Waals surface area contributed by atoms with Crippen LogP contribution in [0.1, 0.15) is 48.6 Å². The fraction of sp³-hybridized carbons (Fsp3) is 0.258. The maximum atomic E-state index is 12.8. The van der Waals surface area contributed by atoms with Crippen molar-refractivity contribution in [1.82, 2.24) is 4.98 Å². The van der Waals surface area contributed by atoms with Crippen LogP contribution in [0.5, 0.6) is 0 Å². The Labute approximate surface area is 232 Å². The molecular formula is C31H31N3O4S. The second kappa shape index (κ2) is 12.7. The number of ether oxygens (including phenoxy) is 2. The summed E-state index contributed by atoms with van der Waals surface area (Å²) >= 11 is 1.39. The highest BCUT2D eigenvalue weighted by Crippen LogP contribution is 2.40. The van der Waals surface area contributed by atoms with Crippen molar-refractivity contribution in [3.63, 3.8) is 0 Å². The van der Waals surface area contributed by atoms with Gasteiger partial charge in [-0.05, 0) is 36.5 Å². The first-order valence-electron chi connectivity index (χ1n) is 13.1. The summed E-state index contributed by atoms with van der Waals surface area (Å²) in [6.45, 7) is 2.58. The van der Waals surface area contributed by atoms with Crippen LogP contribution >= 0.6 is 11.3 Å². The molecule has 200 valence electrons. The van der Waals surface area contributed by atoms with Crippen LogP contribution in [0.4, 0.5) is 5.13 Å². The van der Waals surface area contributed by atoms with E-state index in [-0.39, 0.29) is 12.3 Å². The van der Waals surface area contributed by atoms with Gasteiger partial charge in [-0.15, -0.1) is 11.3 Å². The van der Waals surface area contributed by atoms with Crippen LogP contribution in [0, 0.1) is 0 Å². The summed E-state index contributed by atoms with van der Waals surface area (Å²) in [4.78, 5) is 23.2. The van der Waals surface area contributed by atoms with Crippen LogP contribution in [-0.4, -0.2) is 36.2 Å². The van der Waals surface area contributed by atoms with Crippen molar-refractivity contribution in [1.29, 1.82) is 0 Å². The van der Waals surface area contributed by atoms with Gasteiger partial charge in [-0.2, -0.15) is 0 Å². The van der Waals surface area contributed by atoms with Gasteiger partial charge in [0.15, 0.2) is 5.13 Å². The van der Waals surface area contributed by atoms with Gasteiger partial charge in [-0.3, -0.25) is 0 Å². The number of carbonyl (C=O) groups excluding carboxylic acids is 1. The third kappa shape index (κ3) is 6.02. The molecule has 1 saturated heterocycles. The predicted octanol–water partition coefficient (Wildman–Crippen LogP) is 6.36. The minimum atomic E-state index is -0.743. The number of benzene rings is 3. The number of rotatable bonds is 10. The Kier molecular flexibility index (Phi) is 8.65. The first-order chi connectivity index (χ1) is 19.2. The van der Waals surface area contributed by atoms with E-state index in [2.05, 4.69) is 46.9 Å². The van der Waals surface area contributed by atoms with Crippen LogP contribution in [-0.2, 0) is 24.6 Å². The molecule has 2 heterocycles. The Morgan fingerprint density at radius 1 is 0.974 bits per heavy atom. The van der Waals surface area contributed by atoms with Gasteiger partial charge in [-0.1, -0.05) is 96.2 Å². The zero-order valence-electron chi connectivity index (χ0n) is 21.8. The number of nitrogens with one attached hydrogen (secondary N) is 1. The lowest BCUT2D eigenvalue weighted by Crippen LogP contribution is -2.38. The summed E-state index contributed by atoms with van der Waals surface area (Å²) in [6, 6.07) is 30.8. The molecule has 0 spiro atoms. The molecular weight excluding hydrogens is 510 g/mol. The Morgan fingerprint density at radius 2 is 1.56 bits per heavy atom. The van der Waals surface area contributed by atoms with Gasteiger partial charge < -0.3 is 19.6 Å². The van der Waals surface area contributed by atoms with Crippen LogP contribution < -0.4 is 5.32 Å². The fourth-order valence-electron chi connectivity index (χ4n) is 4.68. The van der Waals surface area contributed by atoms with Crippen molar-refractivity contribution in [3.05, 3.63) is 119 Å². The number of hydrogen-bond acceptors (Lipinski definition) is 8. The number of oxime groups is 1. The molecule has 1 fully saturated rings. The third-order valence-electron chi connectivity index (χ3n) is 6.53. The van der Waals surface area contributed by atoms with Gasteiger partial charge in [0.25, 0.3) is 0 Å². The molecule has 0 saturated carbocycles. The highest BCUT2D eigenvalue weighted by atomic mass is 32.1.